The Bertz CT molecular complexity index is 670. The topological polar surface area (TPSA) is 128 Å². The van der Waals surface area contributed by atoms with Crippen molar-refractivity contribution in [2.45, 2.75) is 46.1 Å². The van der Waals surface area contributed by atoms with E-state index in [4.69, 9.17) is 14.9 Å². The number of esters is 1. The molecule has 1 aliphatic heterocycles. The molecular formula is C18H25NO7. The summed E-state index contributed by atoms with van der Waals surface area (Å²) in [6.07, 6.45) is 6.71. The van der Waals surface area contributed by atoms with Gasteiger partial charge in [-0.05, 0) is 46.3 Å². The average molecular weight is 367 g/mol. The van der Waals surface area contributed by atoms with E-state index in [0.29, 0.717) is 0 Å². The molecular weight excluding hydrogens is 342 g/mol. The number of aliphatic carboxylic acids is 2. The van der Waals surface area contributed by atoms with Crippen LogP contribution in [0.3, 0.4) is 0 Å². The van der Waals surface area contributed by atoms with E-state index < -0.39 is 28.9 Å². The van der Waals surface area contributed by atoms with E-state index in [1.165, 1.54) is 13.0 Å². The summed E-state index contributed by atoms with van der Waals surface area (Å²) in [5.41, 5.74) is -2.38. The van der Waals surface area contributed by atoms with E-state index in [-0.39, 0.29) is 22.6 Å². The monoisotopic (exact) mass is 367 g/mol. The number of nitrogens with one attached hydrogen (secondary N) is 1. The first kappa shape index (κ1) is 21.6. The third-order valence-electron chi connectivity index (χ3n) is 3.61. The Hall–Kier alpha value is -2.45. The fourth-order valence-corrected chi connectivity index (χ4v) is 2.38. The number of ether oxygens (including phenoxy) is 1. The molecule has 0 aromatic heterocycles. The molecule has 0 fully saturated rings. The predicted molar refractivity (Wildman–Crippen MR) is 93.0 cm³/mol. The van der Waals surface area contributed by atoms with E-state index in [0.717, 1.165) is 19.0 Å². The highest BCUT2D eigenvalue weighted by Gasteiger charge is 2.40. The van der Waals surface area contributed by atoms with Crippen LogP contribution in [0, 0.1) is 10.6 Å². The Balaban J connectivity index is 0.000000472. The number of rotatable bonds is 3. The SMILES string of the molecule is CC(C)(C)OC(=O)C1(C)C=C(C(=O)O)C=C(C(=O)O)C1.[O-][NH+]1C=CCC1. The van der Waals surface area contributed by atoms with Crippen molar-refractivity contribution in [3.8, 4) is 0 Å². The van der Waals surface area contributed by atoms with Gasteiger partial charge in [-0.1, -0.05) is 6.08 Å². The maximum absolute atomic E-state index is 12.2. The van der Waals surface area contributed by atoms with Crippen LogP contribution in [0.5, 0.6) is 0 Å². The van der Waals surface area contributed by atoms with Gasteiger partial charge in [0.2, 0.25) is 0 Å². The van der Waals surface area contributed by atoms with Crippen LogP contribution in [-0.4, -0.2) is 40.3 Å². The molecule has 0 saturated carbocycles. The zero-order valence-corrected chi connectivity index (χ0v) is 15.4. The highest BCUT2D eigenvalue weighted by Crippen LogP contribution is 2.36. The summed E-state index contributed by atoms with van der Waals surface area (Å²) in [6.45, 7) is 7.27. The number of hydroxylamine groups is 2. The molecule has 26 heavy (non-hydrogen) atoms. The zero-order chi connectivity index (χ0) is 20.1. The third-order valence-corrected chi connectivity index (χ3v) is 3.61. The first-order valence-corrected chi connectivity index (χ1v) is 8.17. The first-order valence-electron chi connectivity index (χ1n) is 8.17. The molecule has 0 radical (unpaired) electrons. The number of hydrogen-bond donors (Lipinski definition) is 3. The molecule has 8 heteroatoms. The first-order chi connectivity index (χ1) is 11.8. The molecule has 0 aromatic carbocycles. The van der Waals surface area contributed by atoms with Gasteiger partial charge in [0.1, 0.15) is 5.60 Å². The van der Waals surface area contributed by atoms with Crippen molar-refractivity contribution in [2.24, 2.45) is 5.41 Å². The summed E-state index contributed by atoms with van der Waals surface area (Å²) >= 11 is 0. The van der Waals surface area contributed by atoms with E-state index in [2.05, 4.69) is 0 Å². The fourth-order valence-electron chi connectivity index (χ4n) is 2.38. The molecule has 0 bridgehead atoms. The molecule has 2 aliphatic rings. The lowest BCUT2D eigenvalue weighted by atomic mass is 9.77. The minimum absolute atomic E-state index is 0.103. The lowest BCUT2D eigenvalue weighted by Crippen LogP contribution is -3.00. The van der Waals surface area contributed by atoms with Crippen molar-refractivity contribution in [1.29, 1.82) is 0 Å². The average Bonchev–Trinajstić information content (AvgIpc) is 2.96. The van der Waals surface area contributed by atoms with Crippen LogP contribution in [0.15, 0.2) is 35.6 Å². The fraction of sp³-hybridized carbons (Fsp3) is 0.500. The minimum atomic E-state index is -1.30. The van der Waals surface area contributed by atoms with Crippen LogP contribution in [0.4, 0.5) is 0 Å². The molecule has 2 atom stereocenters. The van der Waals surface area contributed by atoms with Gasteiger partial charge in [0.05, 0.1) is 23.7 Å². The third kappa shape index (κ3) is 6.45. The van der Waals surface area contributed by atoms with E-state index in [1.807, 2.05) is 6.08 Å². The van der Waals surface area contributed by atoms with Crippen LogP contribution in [0.25, 0.3) is 0 Å². The van der Waals surface area contributed by atoms with Crippen molar-refractivity contribution in [3.05, 3.63) is 40.8 Å². The molecule has 0 saturated heterocycles. The number of carboxylic acid groups (broad SMARTS) is 2. The number of quaternary nitrogens is 1. The lowest BCUT2D eigenvalue weighted by Gasteiger charge is -2.31. The van der Waals surface area contributed by atoms with Gasteiger partial charge in [0, 0.05) is 12.0 Å². The Morgan fingerprint density at radius 2 is 1.85 bits per heavy atom. The van der Waals surface area contributed by atoms with Gasteiger partial charge in [0.25, 0.3) is 0 Å². The van der Waals surface area contributed by atoms with Crippen molar-refractivity contribution in [2.75, 3.05) is 6.54 Å². The van der Waals surface area contributed by atoms with Gasteiger partial charge in [0.15, 0.2) is 0 Å². The van der Waals surface area contributed by atoms with Gasteiger partial charge in [-0.25, -0.2) is 9.59 Å². The van der Waals surface area contributed by atoms with Crippen LogP contribution in [-0.2, 0) is 19.1 Å². The molecule has 3 N–H and O–H groups in total. The number of carbonyl (C=O) groups excluding carboxylic acids is 1. The Morgan fingerprint density at radius 3 is 2.19 bits per heavy atom. The van der Waals surface area contributed by atoms with Gasteiger partial charge in [-0.3, -0.25) is 4.79 Å². The predicted octanol–water partition coefficient (Wildman–Crippen LogP) is 1.05. The maximum atomic E-state index is 12.2. The van der Waals surface area contributed by atoms with Crippen LogP contribution >= 0.6 is 0 Å². The van der Waals surface area contributed by atoms with Crippen LogP contribution in [0.2, 0.25) is 0 Å². The molecule has 8 nitrogen and oxygen atoms in total. The highest BCUT2D eigenvalue weighted by atomic mass is 16.6. The largest absolute Gasteiger partial charge is 0.629 e. The lowest BCUT2D eigenvalue weighted by molar-refractivity contribution is -0.784. The second kappa shape index (κ2) is 8.29. The summed E-state index contributed by atoms with van der Waals surface area (Å²) in [4.78, 5) is 34.3. The normalized spacial score (nSPS) is 24.7. The quantitative estimate of drug-likeness (QED) is 0.502. The summed E-state index contributed by atoms with van der Waals surface area (Å²) in [6, 6.07) is 0. The Kier molecular flexibility index (Phi) is 6.88. The van der Waals surface area contributed by atoms with E-state index >= 15 is 0 Å². The van der Waals surface area contributed by atoms with Crippen molar-refractivity contribution >= 4 is 17.9 Å². The molecule has 144 valence electrons. The van der Waals surface area contributed by atoms with E-state index in [1.54, 1.807) is 27.0 Å². The molecule has 2 rings (SSSR count). The molecule has 1 heterocycles. The second-order valence-electron chi connectivity index (χ2n) is 7.38. The van der Waals surface area contributed by atoms with Gasteiger partial charge in [-0.15, -0.1) is 0 Å². The van der Waals surface area contributed by atoms with Crippen molar-refractivity contribution in [1.82, 2.24) is 0 Å². The summed E-state index contributed by atoms with van der Waals surface area (Å²) in [7, 11) is 0. The van der Waals surface area contributed by atoms with Gasteiger partial charge in [-0.2, -0.15) is 0 Å². The second-order valence-corrected chi connectivity index (χ2v) is 7.38. The van der Waals surface area contributed by atoms with Gasteiger partial charge >= 0.3 is 17.9 Å². The smallest absolute Gasteiger partial charge is 0.335 e. The van der Waals surface area contributed by atoms with Crippen molar-refractivity contribution < 1.29 is 34.4 Å². The molecule has 0 amide bonds. The molecule has 2 unspecified atom stereocenters. The zero-order valence-electron chi connectivity index (χ0n) is 15.4. The van der Waals surface area contributed by atoms with E-state index in [9.17, 15) is 19.6 Å². The van der Waals surface area contributed by atoms with Gasteiger partial charge < -0.3 is 25.2 Å². The molecule has 0 aromatic rings. The summed E-state index contributed by atoms with van der Waals surface area (Å²) in [5, 5.41) is 28.5. The highest BCUT2D eigenvalue weighted by molar-refractivity contribution is 5.98. The molecule has 1 aliphatic carbocycles. The maximum Gasteiger partial charge on any atom is 0.335 e. The Labute approximate surface area is 152 Å². The number of hydrogen-bond acceptors (Lipinski definition) is 5. The summed E-state index contributed by atoms with van der Waals surface area (Å²) < 4.78 is 5.24. The standard InChI is InChI=1S/C14H18O6.C4H7NO/c1-13(2,3)20-12(19)14(4)6-8(10(15)16)5-9(7-14)11(17)18;6-5-3-1-2-4-5/h5-6H,7H2,1-4H3,(H,15,16)(H,17,18);1,3,5H,2,4H2. The number of carbonyl (C=O) groups is 3. The van der Waals surface area contributed by atoms with Crippen LogP contribution in [0.1, 0.15) is 40.5 Å². The molecule has 0 spiro atoms. The van der Waals surface area contributed by atoms with Crippen molar-refractivity contribution in [3.63, 3.8) is 0 Å². The minimum Gasteiger partial charge on any atom is -0.629 e. The summed E-state index contributed by atoms with van der Waals surface area (Å²) in [5.74, 6) is -3.17. The van der Waals surface area contributed by atoms with Crippen LogP contribution < -0.4 is 5.06 Å². The number of carboxylic acids is 2. The Morgan fingerprint density at radius 1 is 1.23 bits per heavy atom.